The Kier molecular flexibility index (Phi) is 3.55. The summed E-state index contributed by atoms with van der Waals surface area (Å²) in [5, 5.41) is 0. The van der Waals surface area contributed by atoms with Crippen molar-refractivity contribution in [1.82, 2.24) is 9.55 Å². The van der Waals surface area contributed by atoms with Crippen LogP contribution in [0.15, 0.2) is 42.5 Å². The number of aromatic amines is 1. The van der Waals surface area contributed by atoms with Crippen molar-refractivity contribution in [3.8, 4) is 11.4 Å². The molecule has 0 spiro atoms. The van der Waals surface area contributed by atoms with Crippen molar-refractivity contribution in [2.24, 2.45) is 0 Å². The van der Waals surface area contributed by atoms with Gasteiger partial charge in [0.2, 0.25) is 0 Å². The average molecular weight is 298 g/mol. The number of aryl methyl sites for hydroxylation is 1. The fourth-order valence-electron chi connectivity index (χ4n) is 2.48. The number of benzene rings is 2. The molecule has 3 aromatic rings. The van der Waals surface area contributed by atoms with E-state index < -0.39 is 0 Å². The van der Waals surface area contributed by atoms with Crippen LogP contribution < -0.4 is 4.74 Å². The lowest BCUT2D eigenvalue weighted by Crippen LogP contribution is -2.05. The molecular formula is C17H18N2OS. The van der Waals surface area contributed by atoms with Crippen LogP contribution in [0.3, 0.4) is 0 Å². The Morgan fingerprint density at radius 1 is 1.14 bits per heavy atom. The Bertz CT molecular complexity index is 845. The van der Waals surface area contributed by atoms with Crippen LogP contribution in [0.5, 0.6) is 5.75 Å². The normalized spacial score (nSPS) is 11.2. The van der Waals surface area contributed by atoms with Crippen molar-refractivity contribution in [2.75, 3.05) is 0 Å². The third-order valence-corrected chi connectivity index (χ3v) is 3.59. The molecule has 0 saturated heterocycles. The number of H-pyrrole nitrogens is 1. The molecule has 21 heavy (non-hydrogen) atoms. The number of rotatable bonds is 3. The molecule has 0 fully saturated rings. The number of imidazole rings is 1. The molecule has 0 atom stereocenters. The SMILES string of the molecule is Cc1cccc(-n2c(=S)[nH]c3c(OC(C)C)cccc32)c1. The minimum absolute atomic E-state index is 0.125. The van der Waals surface area contributed by atoms with E-state index in [1.165, 1.54) is 5.56 Å². The second-order valence-electron chi connectivity index (χ2n) is 5.42. The molecule has 0 unspecified atom stereocenters. The fourth-order valence-corrected chi connectivity index (χ4v) is 2.79. The van der Waals surface area contributed by atoms with Gasteiger partial charge in [0.05, 0.1) is 11.6 Å². The minimum atomic E-state index is 0.125. The van der Waals surface area contributed by atoms with Crippen molar-refractivity contribution >= 4 is 23.3 Å². The molecule has 0 aliphatic carbocycles. The molecule has 0 aliphatic heterocycles. The van der Waals surface area contributed by atoms with Crippen LogP contribution in [-0.2, 0) is 0 Å². The van der Waals surface area contributed by atoms with E-state index >= 15 is 0 Å². The molecule has 0 saturated carbocycles. The van der Waals surface area contributed by atoms with Gasteiger partial charge in [-0.1, -0.05) is 18.2 Å². The van der Waals surface area contributed by atoms with Crippen LogP contribution in [0.25, 0.3) is 16.7 Å². The number of para-hydroxylation sites is 1. The van der Waals surface area contributed by atoms with Gasteiger partial charge < -0.3 is 9.72 Å². The number of nitrogens with zero attached hydrogens (tertiary/aromatic N) is 1. The van der Waals surface area contributed by atoms with Crippen molar-refractivity contribution in [2.45, 2.75) is 26.9 Å². The van der Waals surface area contributed by atoms with Crippen molar-refractivity contribution in [3.63, 3.8) is 0 Å². The van der Waals surface area contributed by atoms with Crippen LogP contribution in [0.1, 0.15) is 19.4 Å². The van der Waals surface area contributed by atoms with Crippen molar-refractivity contribution in [3.05, 3.63) is 52.8 Å². The van der Waals surface area contributed by atoms with E-state index in [1.54, 1.807) is 0 Å². The van der Waals surface area contributed by atoms with Gasteiger partial charge in [0.25, 0.3) is 0 Å². The molecule has 2 aromatic carbocycles. The molecular weight excluding hydrogens is 280 g/mol. The van der Waals surface area contributed by atoms with Gasteiger partial charge in [-0.3, -0.25) is 4.57 Å². The van der Waals surface area contributed by atoms with Gasteiger partial charge in [-0.15, -0.1) is 0 Å². The maximum atomic E-state index is 5.86. The molecule has 3 nitrogen and oxygen atoms in total. The second-order valence-corrected chi connectivity index (χ2v) is 5.81. The number of nitrogens with one attached hydrogen (secondary N) is 1. The van der Waals surface area contributed by atoms with Gasteiger partial charge in [-0.05, 0) is 62.8 Å². The van der Waals surface area contributed by atoms with Gasteiger partial charge in [-0.2, -0.15) is 0 Å². The molecule has 0 aliphatic rings. The first-order valence-electron chi connectivity index (χ1n) is 7.03. The molecule has 1 N–H and O–H groups in total. The Morgan fingerprint density at radius 3 is 2.62 bits per heavy atom. The third kappa shape index (κ3) is 2.59. The van der Waals surface area contributed by atoms with Crippen LogP contribution >= 0.6 is 12.2 Å². The smallest absolute Gasteiger partial charge is 0.182 e. The Labute approximate surface area is 129 Å². The molecule has 1 heterocycles. The standard InChI is InChI=1S/C17H18N2OS/c1-11(2)20-15-9-5-8-14-16(15)18-17(21)19(14)13-7-4-6-12(3)10-13/h4-11H,1-3H3,(H,18,21). The number of ether oxygens (including phenoxy) is 1. The molecule has 0 bridgehead atoms. The van der Waals surface area contributed by atoms with Crippen molar-refractivity contribution in [1.29, 1.82) is 0 Å². The molecule has 1 aromatic heterocycles. The summed E-state index contributed by atoms with van der Waals surface area (Å²) in [7, 11) is 0. The summed E-state index contributed by atoms with van der Waals surface area (Å²) in [5.41, 5.74) is 4.24. The zero-order valence-electron chi connectivity index (χ0n) is 12.4. The maximum Gasteiger partial charge on any atom is 0.182 e. The molecule has 3 rings (SSSR count). The summed E-state index contributed by atoms with van der Waals surface area (Å²) in [6.45, 7) is 6.12. The predicted molar refractivity (Wildman–Crippen MR) is 89.0 cm³/mol. The summed E-state index contributed by atoms with van der Waals surface area (Å²) >= 11 is 5.50. The van der Waals surface area contributed by atoms with Crippen LogP contribution in [0, 0.1) is 11.7 Å². The molecule has 108 valence electrons. The van der Waals surface area contributed by atoms with Crippen LogP contribution in [-0.4, -0.2) is 15.7 Å². The van der Waals surface area contributed by atoms with Gasteiger partial charge in [-0.25, -0.2) is 0 Å². The topological polar surface area (TPSA) is 29.9 Å². The van der Waals surface area contributed by atoms with Gasteiger partial charge in [0, 0.05) is 5.69 Å². The van der Waals surface area contributed by atoms with E-state index in [4.69, 9.17) is 17.0 Å². The number of hydrogen-bond donors (Lipinski definition) is 1. The maximum absolute atomic E-state index is 5.86. The minimum Gasteiger partial charge on any atom is -0.489 e. The first kappa shape index (κ1) is 13.9. The van der Waals surface area contributed by atoms with Crippen LogP contribution in [0.4, 0.5) is 0 Å². The van der Waals surface area contributed by atoms with Gasteiger partial charge in [0.1, 0.15) is 11.3 Å². The zero-order valence-corrected chi connectivity index (χ0v) is 13.2. The second kappa shape index (κ2) is 5.37. The van der Waals surface area contributed by atoms with E-state index in [2.05, 4.69) is 36.2 Å². The monoisotopic (exact) mass is 298 g/mol. The fraction of sp³-hybridized carbons (Fsp3) is 0.235. The highest BCUT2D eigenvalue weighted by molar-refractivity contribution is 7.71. The summed E-state index contributed by atoms with van der Waals surface area (Å²) in [6.07, 6.45) is 0.125. The number of fused-ring (bicyclic) bond motifs is 1. The highest BCUT2D eigenvalue weighted by atomic mass is 32.1. The van der Waals surface area contributed by atoms with E-state index in [1.807, 2.05) is 36.6 Å². The number of aromatic nitrogens is 2. The zero-order chi connectivity index (χ0) is 15.0. The first-order chi connectivity index (χ1) is 10.1. The highest BCUT2D eigenvalue weighted by Crippen LogP contribution is 2.28. The molecule has 4 heteroatoms. The Balaban J connectivity index is 2.25. The van der Waals surface area contributed by atoms with Gasteiger partial charge >= 0.3 is 0 Å². The lowest BCUT2D eigenvalue weighted by Gasteiger charge is -2.11. The summed E-state index contributed by atoms with van der Waals surface area (Å²) in [5.74, 6) is 0.833. The lowest BCUT2D eigenvalue weighted by molar-refractivity contribution is 0.245. The van der Waals surface area contributed by atoms with E-state index in [0.717, 1.165) is 22.5 Å². The van der Waals surface area contributed by atoms with Crippen molar-refractivity contribution < 1.29 is 4.74 Å². The number of hydrogen-bond acceptors (Lipinski definition) is 2. The predicted octanol–water partition coefficient (Wildman–Crippen LogP) is 4.78. The lowest BCUT2D eigenvalue weighted by atomic mass is 10.2. The van der Waals surface area contributed by atoms with E-state index in [0.29, 0.717) is 4.77 Å². The summed E-state index contributed by atoms with van der Waals surface area (Å²) < 4.78 is 8.59. The Morgan fingerprint density at radius 2 is 1.90 bits per heavy atom. The van der Waals surface area contributed by atoms with Crippen LogP contribution in [0.2, 0.25) is 0 Å². The summed E-state index contributed by atoms with van der Waals surface area (Å²) in [4.78, 5) is 3.27. The summed E-state index contributed by atoms with van der Waals surface area (Å²) in [6, 6.07) is 14.3. The quantitative estimate of drug-likeness (QED) is 0.705. The highest BCUT2D eigenvalue weighted by Gasteiger charge is 2.11. The largest absolute Gasteiger partial charge is 0.489 e. The first-order valence-corrected chi connectivity index (χ1v) is 7.44. The average Bonchev–Trinajstić information content (AvgIpc) is 2.75. The van der Waals surface area contributed by atoms with Gasteiger partial charge in [0.15, 0.2) is 4.77 Å². The molecule has 0 amide bonds. The van der Waals surface area contributed by atoms with E-state index in [9.17, 15) is 0 Å². The molecule has 0 radical (unpaired) electrons. The Hall–Kier alpha value is -2.07. The van der Waals surface area contributed by atoms with E-state index in [-0.39, 0.29) is 6.10 Å². The third-order valence-electron chi connectivity index (χ3n) is 3.30.